The summed E-state index contributed by atoms with van der Waals surface area (Å²) in [5.41, 5.74) is -0.866. The summed E-state index contributed by atoms with van der Waals surface area (Å²) < 4.78 is 38.8. The fourth-order valence-electron chi connectivity index (χ4n) is 2.96. The molecular weight excluding hydrogens is 360 g/mol. The van der Waals surface area contributed by atoms with E-state index in [0.29, 0.717) is 42.7 Å². The summed E-state index contributed by atoms with van der Waals surface area (Å²) >= 11 is 0. The lowest BCUT2D eigenvalue weighted by Crippen LogP contribution is -2.35. The van der Waals surface area contributed by atoms with Crippen LogP contribution in [0.3, 0.4) is 0 Å². The van der Waals surface area contributed by atoms with Gasteiger partial charge in [-0.05, 0) is 6.07 Å². The smallest absolute Gasteiger partial charge is 0.328 e. The second kappa shape index (κ2) is 6.82. The van der Waals surface area contributed by atoms with Crippen LogP contribution in [0.1, 0.15) is 12.1 Å². The topological polar surface area (TPSA) is 86.2 Å². The number of H-pyrrole nitrogens is 1. The molecule has 0 unspecified atom stereocenters. The molecule has 140 valence electrons. The minimum Gasteiger partial charge on any atom is -0.490 e. The highest BCUT2D eigenvalue weighted by molar-refractivity contribution is 5.81. The quantitative estimate of drug-likeness (QED) is 0.754. The number of aromatic amines is 1. The second-order valence-corrected chi connectivity index (χ2v) is 6.11. The number of nitrogens with zero attached hydrogens (tertiary/aromatic N) is 2. The summed E-state index contributed by atoms with van der Waals surface area (Å²) in [5, 5.41) is 0.256. The standard InChI is InChI=1S/C18H15F2N3O4/c19-10-6-12(20)13(21-9-10)2-3-23-17(24)11-7-15-16(27-5-1-4-26-15)8-14(11)22-18(23)25/h6-9H,1-5H2,(H,22,25). The van der Waals surface area contributed by atoms with Gasteiger partial charge < -0.3 is 14.5 Å². The van der Waals surface area contributed by atoms with Crippen molar-refractivity contribution in [2.24, 2.45) is 0 Å². The molecule has 27 heavy (non-hydrogen) atoms. The van der Waals surface area contributed by atoms with Crippen molar-refractivity contribution in [2.45, 2.75) is 19.4 Å². The summed E-state index contributed by atoms with van der Waals surface area (Å²) in [7, 11) is 0. The average Bonchev–Trinajstić information content (AvgIpc) is 2.86. The van der Waals surface area contributed by atoms with E-state index in [1.807, 2.05) is 0 Å². The Morgan fingerprint density at radius 3 is 2.59 bits per heavy atom. The number of fused-ring (bicyclic) bond motifs is 2. The molecule has 0 spiro atoms. The van der Waals surface area contributed by atoms with Crippen molar-refractivity contribution in [3.63, 3.8) is 0 Å². The Kier molecular flexibility index (Phi) is 4.35. The Morgan fingerprint density at radius 2 is 1.85 bits per heavy atom. The molecule has 3 heterocycles. The van der Waals surface area contributed by atoms with Gasteiger partial charge in [0.1, 0.15) is 11.6 Å². The number of aryl methyl sites for hydroxylation is 1. The fourth-order valence-corrected chi connectivity index (χ4v) is 2.96. The zero-order valence-electron chi connectivity index (χ0n) is 14.1. The molecule has 3 aromatic rings. The van der Waals surface area contributed by atoms with Gasteiger partial charge in [0.15, 0.2) is 11.5 Å². The zero-order valence-corrected chi connectivity index (χ0v) is 14.1. The molecule has 2 aromatic heterocycles. The van der Waals surface area contributed by atoms with Gasteiger partial charge in [-0.3, -0.25) is 14.3 Å². The molecule has 0 fully saturated rings. The summed E-state index contributed by atoms with van der Waals surface area (Å²) in [4.78, 5) is 31.4. The van der Waals surface area contributed by atoms with E-state index in [1.54, 1.807) is 6.07 Å². The van der Waals surface area contributed by atoms with Gasteiger partial charge in [-0.15, -0.1) is 0 Å². The lowest BCUT2D eigenvalue weighted by Gasteiger charge is -2.10. The number of ether oxygens (including phenoxy) is 2. The van der Waals surface area contributed by atoms with Crippen LogP contribution >= 0.6 is 0 Å². The Labute approximate surface area is 151 Å². The van der Waals surface area contributed by atoms with Gasteiger partial charge in [-0.25, -0.2) is 13.6 Å². The molecule has 1 N–H and O–H groups in total. The molecule has 0 amide bonds. The predicted molar refractivity (Wildman–Crippen MR) is 92.3 cm³/mol. The number of aromatic nitrogens is 3. The molecule has 1 aromatic carbocycles. The van der Waals surface area contributed by atoms with Crippen LogP contribution in [-0.2, 0) is 13.0 Å². The average molecular weight is 375 g/mol. The number of pyridine rings is 1. The van der Waals surface area contributed by atoms with Crippen LogP contribution in [-0.4, -0.2) is 27.7 Å². The number of hydrogen-bond donors (Lipinski definition) is 1. The van der Waals surface area contributed by atoms with Crippen LogP contribution < -0.4 is 20.7 Å². The van der Waals surface area contributed by atoms with Crippen molar-refractivity contribution in [1.29, 1.82) is 0 Å². The lowest BCUT2D eigenvalue weighted by atomic mass is 10.2. The summed E-state index contributed by atoms with van der Waals surface area (Å²) in [6.07, 6.45) is 1.56. The third-order valence-corrected chi connectivity index (χ3v) is 4.31. The third-order valence-electron chi connectivity index (χ3n) is 4.31. The van der Waals surface area contributed by atoms with Gasteiger partial charge in [0.05, 0.1) is 36.0 Å². The van der Waals surface area contributed by atoms with Crippen molar-refractivity contribution in [3.8, 4) is 11.5 Å². The molecule has 0 saturated carbocycles. The summed E-state index contributed by atoms with van der Waals surface area (Å²) in [6.45, 7) is 0.843. The van der Waals surface area contributed by atoms with Crippen molar-refractivity contribution < 1.29 is 18.3 Å². The summed E-state index contributed by atoms with van der Waals surface area (Å²) in [5.74, 6) is -0.719. The van der Waals surface area contributed by atoms with Crippen LogP contribution in [0.5, 0.6) is 11.5 Å². The number of halogens is 2. The van der Waals surface area contributed by atoms with Crippen LogP contribution in [0.4, 0.5) is 8.78 Å². The SMILES string of the molecule is O=c1[nH]c2cc3c(cc2c(=O)n1CCc1ncc(F)cc1F)OCCCO3. The molecule has 0 radical (unpaired) electrons. The lowest BCUT2D eigenvalue weighted by molar-refractivity contribution is 0.297. The monoisotopic (exact) mass is 375 g/mol. The zero-order chi connectivity index (χ0) is 19.0. The molecule has 4 rings (SSSR count). The minimum atomic E-state index is -0.823. The maximum Gasteiger partial charge on any atom is 0.328 e. The predicted octanol–water partition coefficient (Wildman–Crippen LogP) is 1.77. The Balaban J connectivity index is 1.72. The molecule has 0 aliphatic carbocycles. The van der Waals surface area contributed by atoms with E-state index in [2.05, 4.69) is 9.97 Å². The molecule has 1 aliphatic rings. The van der Waals surface area contributed by atoms with Crippen LogP contribution in [0.25, 0.3) is 10.9 Å². The molecule has 0 saturated heterocycles. The maximum absolute atomic E-state index is 13.7. The van der Waals surface area contributed by atoms with Crippen molar-refractivity contribution in [1.82, 2.24) is 14.5 Å². The van der Waals surface area contributed by atoms with Crippen molar-refractivity contribution >= 4 is 10.9 Å². The van der Waals surface area contributed by atoms with Crippen molar-refractivity contribution in [2.75, 3.05) is 13.2 Å². The second-order valence-electron chi connectivity index (χ2n) is 6.11. The minimum absolute atomic E-state index is 0.0264. The van der Waals surface area contributed by atoms with E-state index in [0.717, 1.165) is 10.8 Å². The normalized spacial score (nSPS) is 13.6. The van der Waals surface area contributed by atoms with Crippen LogP contribution in [0.2, 0.25) is 0 Å². The van der Waals surface area contributed by atoms with Gasteiger partial charge in [0.2, 0.25) is 0 Å². The molecule has 9 heteroatoms. The molecule has 0 atom stereocenters. The van der Waals surface area contributed by atoms with E-state index < -0.39 is 22.9 Å². The first-order valence-corrected chi connectivity index (χ1v) is 8.39. The van der Waals surface area contributed by atoms with Crippen LogP contribution in [0.15, 0.2) is 34.0 Å². The largest absolute Gasteiger partial charge is 0.490 e. The molecular formula is C18H15F2N3O4. The Hall–Kier alpha value is -3.23. The van der Waals surface area contributed by atoms with Crippen molar-refractivity contribution in [3.05, 3.63) is 62.6 Å². The Bertz CT molecular complexity index is 1140. The number of nitrogens with one attached hydrogen (secondary N) is 1. The first kappa shape index (κ1) is 17.2. The van der Waals surface area contributed by atoms with Gasteiger partial charge in [0, 0.05) is 31.5 Å². The van der Waals surface area contributed by atoms with E-state index in [1.165, 1.54) is 6.07 Å². The van der Waals surface area contributed by atoms with Gasteiger partial charge in [-0.2, -0.15) is 0 Å². The molecule has 1 aliphatic heterocycles. The highest BCUT2D eigenvalue weighted by atomic mass is 19.1. The summed E-state index contributed by atoms with van der Waals surface area (Å²) in [6, 6.07) is 3.80. The fraction of sp³-hybridized carbons (Fsp3) is 0.278. The Morgan fingerprint density at radius 1 is 1.11 bits per heavy atom. The maximum atomic E-state index is 13.7. The van der Waals surface area contributed by atoms with Crippen LogP contribution in [0, 0.1) is 11.6 Å². The highest BCUT2D eigenvalue weighted by Crippen LogP contribution is 2.32. The first-order valence-electron chi connectivity index (χ1n) is 8.39. The van der Waals surface area contributed by atoms with Gasteiger partial charge in [-0.1, -0.05) is 0 Å². The van der Waals surface area contributed by atoms with Gasteiger partial charge in [0.25, 0.3) is 5.56 Å². The van der Waals surface area contributed by atoms with E-state index in [-0.39, 0.29) is 24.0 Å². The number of benzene rings is 1. The number of rotatable bonds is 3. The first-order chi connectivity index (χ1) is 13.0. The molecule has 0 bridgehead atoms. The third kappa shape index (κ3) is 3.27. The van der Waals surface area contributed by atoms with E-state index in [9.17, 15) is 18.4 Å². The van der Waals surface area contributed by atoms with E-state index >= 15 is 0 Å². The highest BCUT2D eigenvalue weighted by Gasteiger charge is 2.16. The van der Waals surface area contributed by atoms with E-state index in [4.69, 9.17) is 9.47 Å². The van der Waals surface area contributed by atoms with Gasteiger partial charge >= 0.3 is 5.69 Å². The molecule has 7 nitrogen and oxygen atoms in total. The number of hydrogen-bond acceptors (Lipinski definition) is 5.